The fraction of sp³-hybridized carbons (Fsp3) is 0.0714. The second-order valence-corrected chi connectivity index (χ2v) is 5.72. The summed E-state index contributed by atoms with van der Waals surface area (Å²) in [4.78, 5) is 0. The van der Waals surface area contributed by atoms with Crippen molar-refractivity contribution in [2.45, 2.75) is 6.54 Å². The van der Waals surface area contributed by atoms with Crippen LogP contribution in [0.1, 0.15) is 5.56 Å². The summed E-state index contributed by atoms with van der Waals surface area (Å²) in [6, 6.07) is 13.7. The number of nitrogens with one attached hydrogen (secondary N) is 1. The van der Waals surface area contributed by atoms with E-state index in [1.54, 1.807) is 11.0 Å². The van der Waals surface area contributed by atoms with E-state index in [4.69, 9.17) is 11.6 Å². The molecule has 1 N–H and O–H groups in total. The number of anilines is 1. The predicted octanol–water partition coefficient (Wildman–Crippen LogP) is 3.69. The molecule has 0 saturated heterocycles. The second kappa shape index (κ2) is 6.24. The van der Waals surface area contributed by atoms with Gasteiger partial charge in [0.2, 0.25) is 0 Å². The summed E-state index contributed by atoms with van der Waals surface area (Å²) in [5.41, 5.74) is 2.86. The summed E-state index contributed by atoms with van der Waals surface area (Å²) in [7, 11) is 0. The van der Waals surface area contributed by atoms with Gasteiger partial charge in [-0.05, 0) is 46.3 Å². The average Bonchev–Trinajstić information content (AvgIpc) is 3.02. The van der Waals surface area contributed by atoms with Crippen molar-refractivity contribution in [2.24, 2.45) is 0 Å². The van der Waals surface area contributed by atoms with E-state index in [0.717, 1.165) is 15.8 Å². The highest BCUT2D eigenvalue weighted by Gasteiger charge is 2.04. The molecular weight excluding hydrogens is 354 g/mol. The van der Waals surface area contributed by atoms with Crippen molar-refractivity contribution in [1.82, 2.24) is 20.2 Å². The number of tetrazole rings is 1. The first kappa shape index (κ1) is 14.0. The maximum absolute atomic E-state index is 6.22. The molecule has 5 nitrogen and oxygen atoms in total. The van der Waals surface area contributed by atoms with Crippen LogP contribution in [-0.2, 0) is 6.54 Å². The lowest BCUT2D eigenvalue weighted by Gasteiger charge is -2.10. The Morgan fingerprint density at radius 3 is 2.67 bits per heavy atom. The van der Waals surface area contributed by atoms with Gasteiger partial charge in [0.05, 0.1) is 16.4 Å². The van der Waals surface area contributed by atoms with E-state index >= 15 is 0 Å². The first-order valence-corrected chi connectivity index (χ1v) is 7.41. The molecule has 0 fully saturated rings. The molecule has 0 aliphatic rings. The number of nitrogens with zero attached hydrogens (tertiary/aromatic N) is 4. The van der Waals surface area contributed by atoms with Crippen molar-refractivity contribution < 1.29 is 0 Å². The topological polar surface area (TPSA) is 55.6 Å². The van der Waals surface area contributed by atoms with E-state index in [1.807, 2.05) is 30.3 Å². The van der Waals surface area contributed by atoms with Gasteiger partial charge in [0.15, 0.2) is 0 Å². The molecule has 2 aromatic carbocycles. The van der Waals surface area contributed by atoms with E-state index in [-0.39, 0.29) is 0 Å². The van der Waals surface area contributed by atoms with Gasteiger partial charge in [0.1, 0.15) is 6.33 Å². The maximum atomic E-state index is 6.22. The fourth-order valence-electron chi connectivity index (χ4n) is 1.87. The Hall–Kier alpha value is -1.92. The highest BCUT2D eigenvalue weighted by atomic mass is 79.9. The largest absolute Gasteiger partial charge is 0.380 e. The zero-order valence-electron chi connectivity index (χ0n) is 10.9. The summed E-state index contributed by atoms with van der Waals surface area (Å²) in [5.74, 6) is 0. The number of aromatic nitrogens is 4. The third kappa shape index (κ3) is 3.40. The Balaban J connectivity index is 1.78. The standard InChI is InChI=1S/C14H11BrClN5/c15-11-3-1-10(2-4-11)8-17-14-7-12(5-6-13(14)16)21-9-18-19-20-21/h1-7,9,17H,8H2. The van der Waals surface area contributed by atoms with E-state index in [9.17, 15) is 0 Å². The second-order valence-electron chi connectivity index (χ2n) is 4.40. The molecule has 0 aliphatic carbocycles. The van der Waals surface area contributed by atoms with Gasteiger partial charge in [-0.1, -0.05) is 39.7 Å². The Kier molecular flexibility index (Phi) is 4.17. The van der Waals surface area contributed by atoms with Crippen LogP contribution in [0.5, 0.6) is 0 Å². The van der Waals surface area contributed by atoms with E-state index < -0.39 is 0 Å². The molecule has 3 aromatic rings. The summed E-state index contributed by atoms with van der Waals surface area (Å²) >= 11 is 9.64. The van der Waals surface area contributed by atoms with E-state index in [0.29, 0.717) is 11.6 Å². The van der Waals surface area contributed by atoms with Crippen LogP contribution in [0.15, 0.2) is 53.3 Å². The zero-order valence-corrected chi connectivity index (χ0v) is 13.2. The molecular formula is C14H11BrClN5. The molecule has 0 bridgehead atoms. The third-order valence-electron chi connectivity index (χ3n) is 2.96. The summed E-state index contributed by atoms with van der Waals surface area (Å²) in [6.45, 7) is 0.687. The first-order valence-electron chi connectivity index (χ1n) is 6.23. The number of hydrogen-bond acceptors (Lipinski definition) is 4. The highest BCUT2D eigenvalue weighted by Crippen LogP contribution is 2.25. The van der Waals surface area contributed by atoms with Gasteiger partial charge in [-0.2, -0.15) is 0 Å². The number of hydrogen-bond donors (Lipinski definition) is 1. The smallest absolute Gasteiger partial charge is 0.143 e. The van der Waals surface area contributed by atoms with Crippen LogP contribution in [-0.4, -0.2) is 20.2 Å². The fourth-order valence-corrected chi connectivity index (χ4v) is 2.32. The van der Waals surface area contributed by atoms with Crippen molar-refractivity contribution in [2.75, 3.05) is 5.32 Å². The quantitative estimate of drug-likeness (QED) is 0.767. The minimum atomic E-state index is 0.656. The molecule has 0 amide bonds. The van der Waals surface area contributed by atoms with Crippen molar-refractivity contribution in [1.29, 1.82) is 0 Å². The molecule has 7 heteroatoms. The van der Waals surface area contributed by atoms with Gasteiger partial charge in [-0.25, -0.2) is 4.68 Å². The normalized spacial score (nSPS) is 10.6. The molecule has 0 atom stereocenters. The van der Waals surface area contributed by atoms with Crippen LogP contribution >= 0.6 is 27.5 Å². The van der Waals surface area contributed by atoms with Crippen LogP contribution in [0.2, 0.25) is 5.02 Å². The molecule has 0 radical (unpaired) electrons. The minimum Gasteiger partial charge on any atom is -0.380 e. The lowest BCUT2D eigenvalue weighted by atomic mass is 10.2. The molecule has 1 aromatic heterocycles. The van der Waals surface area contributed by atoms with Gasteiger partial charge in [-0.15, -0.1) is 5.10 Å². The molecule has 3 rings (SSSR count). The number of benzene rings is 2. The lowest BCUT2D eigenvalue weighted by molar-refractivity contribution is 0.789. The Labute approximate surface area is 135 Å². The van der Waals surface area contributed by atoms with Crippen LogP contribution in [0, 0.1) is 0 Å². The Morgan fingerprint density at radius 1 is 1.14 bits per heavy atom. The van der Waals surface area contributed by atoms with Crippen molar-refractivity contribution in [3.05, 3.63) is 63.9 Å². The Bertz CT molecular complexity index is 728. The monoisotopic (exact) mass is 363 g/mol. The van der Waals surface area contributed by atoms with Crippen LogP contribution in [0.3, 0.4) is 0 Å². The Morgan fingerprint density at radius 2 is 1.95 bits per heavy atom. The van der Waals surface area contributed by atoms with Gasteiger partial charge >= 0.3 is 0 Å². The predicted molar refractivity (Wildman–Crippen MR) is 85.6 cm³/mol. The van der Waals surface area contributed by atoms with Crippen LogP contribution in [0.25, 0.3) is 5.69 Å². The number of rotatable bonds is 4. The minimum absolute atomic E-state index is 0.656. The van der Waals surface area contributed by atoms with Gasteiger partial charge in [-0.3, -0.25) is 0 Å². The molecule has 0 spiro atoms. The van der Waals surface area contributed by atoms with Crippen molar-refractivity contribution >= 4 is 33.2 Å². The summed E-state index contributed by atoms with van der Waals surface area (Å²) in [5, 5.41) is 15.1. The number of halogens is 2. The first-order chi connectivity index (χ1) is 10.2. The highest BCUT2D eigenvalue weighted by molar-refractivity contribution is 9.10. The average molecular weight is 365 g/mol. The van der Waals surface area contributed by atoms with Gasteiger partial charge in [0.25, 0.3) is 0 Å². The van der Waals surface area contributed by atoms with Crippen molar-refractivity contribution in [3.8, 4) is 5.69 Å². The zero-order chi connectivity index (χ0) is 14.7. The van der Waals surface area contributed by atoms with Crippen LogP contribution in [0.4, 0.5) is 5.69 Å². The SMILES string of the molecule is Clc1ccc(-n2cnnn2)cc1NCc1ccc(Br)cc1. The molecule has 0 saturated carbocycles. The van der Waals surface area contributed by atoms with E-state index in [2.05, 4.69) is 48.9 Å². The molecule has 21 heavy (non-hydrogen) atoms. The summed E-state index contributed by atoms with van der Waals surface area (Å²) in [6.07, 6.45) is 1.54. The molecule has 1 heterocycles. The van der Waals surface area contributed by atoms with Gasteiger partial charge < -0.3 is 5.32 Å². The maximum Gasteiger partial charge on any atom is 0.143 e. The summed E-state index contributed by atoms with van der Waals surface area (Å²) < 4.78 is 2.64. The lowest BCUT2D eigenvalue weighted by Crippen LogP contribution is -2.02. The molecule has 0 unspecified atom stereocenters. The van der Waals surface area contributed by atoms with Crippen molar-refractivity contribution in [3.63, 3.8) is 0 Å². The third-order valence-corrected chi connectivity index (χ3v) is 3.82. The van der Waals surface area contributed by atoms with E-state index in [1.165, 1.54) is 5.56 Å². The van der Waals surface area contributed by atoms with Gasteiger partial charge in [0, 0.05) is 11.0 Å². The van der Waals surface area contributed by atoms with Crippen LogP contribution < -0.4 is 5.32 Å². The molecule has 106 valence electrons. The molecule has 0 aliphatic heterocycles.